The summed E-state index contributed by atoms with van der Waals surface area (Å²) in [6.45, 7) is 8.38. The van der Waals surface area contributed by atoms with Crippen LogP contribution in [0.15, 0.2) is 4.79 Å². The van der Waals surface area contributed by atoms with Crippen molar-refractivity contribution >= 4 is 5.69 Å². The number of aromatic nitrogens is 2. The minimum absolute atomic E-state index is 0.0307. The van der Waals surface area contributed by atoms with Crippen molar-refractivity contribution in [2.45, 2.75) is 52.0 Å². The van der Waals surface area contributed by atoms with Crippen LogP contribution in [0.2, 0.25) is 0 Å². The van der Waals surface area contributed by atoms with Gasteiger partial charge in [0.2, 0.25) is 0 Å². The van der Waals surface area contributed by atoms with Gasteiger partial charge in [-0.1, -0.05) is 20.8 Å². The molecule has 0 bridgehead atoms. The lowest BCUT2D eigenvalue weighted by atomic mass is 9.91. The summed E-state index contributed by atoms with van der Waals surface area (Å²) in [5.41, 5.74) is 7.21. The fourth-order valence-electron chi connectivity index (χ4n) is 2.77. The van der Waals surface area contributed by atoms with Gasteiger partial charge in [0.05, 0.1) is 11.7 Å². The largest absolute Gasteiger partial charge is 0.393 e. The number of rotatable bonds is 2. The summed E-state index contributed by atoms with van der Waals surface area (Å²) in [6, 6.07) is 0.255. The topological polar surface area (TPSA) is 52.9 Å². The molecular weight excluding hydrogens is 214 g/mol. The van der Waals surface area contributed by atoms with Gasteiger partial charge < -0.3 is 5.73 Å². The Morgan fingerprint density at radius 1 is 1.35 bits per heavy atom. The second kappa shape index (κ2) is 3.65. The van der Waals surface area contributed by atoms with Gasteiger partial charge >= 0.3 is 0 Å². The van der Waals surface area contributed by atoms with E-state index in [4.69, 9.17) is 5.73 Å². The molecule has 1 aliphatic rings. The molecule has 1 aliphatic carbocycles. The molecule has 4 heteroatoms. The summed E-state index contributed by atoms with van der Waals surface area (Å²) in [5.74, 6) is 0.647. The first kappa shape index (κ1) is 12.3. The Morgan fingerprint density at radius 2 is 1.88 bits per heavy atom. The van der Waals surface area contributed by atoms with E-state index in [0.29, 0.717) is 11.6 Å². The lowest BCUT2D eigenvalue weighted by molar-refractivity contribution is 0.356. The van der Waals surface area contributed by atoms with E-state index < -0.39 is 0 Å². The average Bonchev–Trinajstić information content (AvgIpc) is 2.94. The number of nitrogens with zero attached hydrogens (tertiary/aromatic N) is 2. The number of nitrogens with two attached hydrogens (primary N) is 1. The fourth-order valence-corrected chi connectivity index (χ4v) is 2.77. The van der Waals surface area contributed by atoms with E-state index in [1.807, 2.05) is 16.4 Å². The summed E-state index contributed by atoms with van der Waals surface area (Å²) in [6.07, 6.45) is 2.45. The monoisotopic (exact) mass is 237 g/mol. The summed E-state index contributed by atoms with van der Waals surface area (Å²) < 4.78 is 3.79. The second-order valence-corrected chi connectivity index (χ2v) is 6.26. The Bertz CT molecular complexity index is 486. The molecule has 0 aromatic carbocycles. The van der Waals surface area contributed by atoms with Gasteiger partial charge in [0.1, 0.15) is 5.69 Å². The first-order valence-electron chi connectivity index (χ1n) is 6.32. The molecule has 1 heterocycles. The highest BCUT2D eigenvalue weighted by atomic mass is 16.1. The van der Waals surface area contributed by atoms with Crippen LogP contribution in [0.3, 0.4) is 0 Å². The van der Waals surface area contributed by atoms with Crippen molar-refractivity contribution in [3.8, 4) is 0 Å². The minimum atomic E-state index is -0.105. The Labute approximate surface area is 102 Å². The van der Waals surface area contributed by atoms with Gasteiger partial charge in [0.15, 0.2) is 0 Å². The third-order valence-corrected chi connectivity index (χ3v) is 3.74. The van der Waals surface area contributed by atoms with Gasteiger partial charge in [-0.3, -0.25) is 9.48 Å². The maximum atomic E-state index is 12.2. The fraction of sp³-hybridized carbons (Fsp3) is 0.769. The van der Waals surface area contributed by atoms with Crippen molar-refractivity contribution in [3.05, 3.63) is 16.0 Å². The van der Waals surface area contributed by atoms with Gasteiger partial charge in [-0.2, -0.15) is 0 Å². The van der Waals surface area contributed by atoms with Crippen LogP contribution in [0.1, 0.15) is 52.3 Å². The zero-order chi connectivity index (χ0) is 13.0. The van der Waals surface area contributed by atoms with Crippen LogP contribution in [0, 0.1) is 5.92 Å². The van der Waals surface area contributed by atoms with Crippen LogP contribution < -0.4 is 11.3 Å². The first-order valence-corrected chi connectivity index (χ1v) is 6.32. The highest BCUT2D eigenvalue weighted by Crippen LogP contribution is 2.39. The van der Waals surface area contributed by atoms with Crippen molar-refractivity contribution in [1.82, 2.24) is 9.36 Å². The molecule has 0 spiro atoms. The van der Waals surface area contributed by atoms with Crippen LogP contribution in [-0.4, -0.2) is 9.36 Å². The quantitative estimate of drug-likeness (QED) is 0.855. The molecule has 1 unspecified atom stereocenters. The van der Waals surface area contributed by atoms with E-state index in [1.165, 1.54) is 12.8 Å². The number of nitrogen functional groups attached to an aromatic ring is 1. The maximum Gasteiger partial charge on any atom is 0.290 e. The SMILES string of the molecule is CC(C1CC1)n1c(=O)c(N)c(C(C)(C)C)n1C. The Hall–Kier alpha value is -1.19. The smallest absolute Gasteiger partial charge is 0.290 e. The first-order chi connectivity index (χ1) is 7.75. The molecule has 1 aromatic rings. The van der Waals surface area contributed by atoms with Gasteiger partial charge in [-0.25, -0.2) is 4.68 Å². The number of hydrogen-bond acceptors (Lipinski definition) is 2. The molecule has 4 nitrogen and oxygen atoms in total. The van der Waals surface area contributed by atoms with Crippen LogP contribution in [0.4, 0.5) is 5.69 Å². The zero-order valence-electron chi connectivity index (χ0n) is 11.4. The lowest BCUT2D eigenvalue weighted by Gasteiger charge is -2.23. The Kier molecular flexibility index (Phi) is 2.64. The molecule has 0 radical (unpaired) electrons. The molecule has 2 rings (SSSR count). The third-order valence-electron chi connectivity index (χ3n) is 3.74. The van der Waals surface area contributed by atoms with Crippen molar-refractivity contribution in [3.63, 3.8) is 0 Å². The van der Waals surface area contributed by atoms with E-state index in [2.05, 4.69) is 27.7 Å². The van der Waals surface area contributed by atoms with E-state index in [1.54, 1.807) is 0 Å². The highest BCUT2D eigenvalue weighted by molar-refractivity contribution is 5.45. The Balaban J connectivity index is 2.58. The molecule has 1 fully saturated rings. The molecule has 0 saturated heterocycles. The maximum absolute atomic E-state index is 12.2. The van der Waals surface area contributed by atoms with Crippen LogP contribution in [0.25, 0.3) is 0 Å². The normalized spacial score (nSPS) is 18.4. The van der Waals surface area contributed by atoms with Crippen molar-refractivity contribution < 1.29 is 0 Å². The predicted molar refractivity (Wildman–Crippen MR) is 70.2 cm³/mol. The number of anilines is 1. The third kappa shape index (κ3) is 1.90. The Morgan fingerprint density at radius 3 is 2.24 bits per heavy atom. The van der Waals surface area contributed by atoms with E-state index in [0.717, 1.165) is 5.69 Å². The van der Waals surface area contributed by atoms with Gasteiger partial charge in [-0.15, -0.1) is 0 Å². The molecule has 1 atom stereocenters. The van der Waals surface area contributed by atoms with Crippen LogP contribution >= 0.6 is 0 Å². The molecule has 1 saturated carbocycles. The van der Waals surface area contributed by atoms with Crippen LogP contribution in [-0.2, 0) is 12.5 Å². The van der Waals surface area contributed by atoms with Gasteiger partial charge in [-0.05, 0) is 25.7 Å². The van der Waals surface area contributed by atoms with Crippen molar-refractivity contribution in [1.29, 1.82) is 0 Å². The second-order valence-electron chi connectivity index (χ2n) is 6.26. The molecule has 0 amide bonds. The van der Waals surface area contributed by atoms with E-state index in [-0.39, 0.29) is 17.0 Å². The molecule has 96 valence electrons. The summed E-state index contributed by atoms with van der Waals surface area (Å²) >= 11 is 0. The average molecular weight is 237 g/mol. The molecule has 1 aromatic heterocycles. The van der Waals surface area contributed by atoms with Crippen LogP contribution in [0.5, 0.6) is 0 Å². The minimum Gasteiger partial charge on any atom is -0.393 e. The van der Waals surface area contributed by atoms with Gasteiger partial charge in [0.25, 0.3) is 5.56 Å². The van der Waals surface area contributed by atoms with Crippen molar-refractivity contribution in [2.75, 3.05) is 5.73 Å². The van der Waals surface area contributed by atoms with Gasteiger partial charge in [0, 0.05) is 12.5 Å². The molecule has 0 aliphatic heterocycles. The zero-order valence-corrected chi connectivity index (χ0v) is 11.4. The molecule has 2 N–H and O–H groups in total. The summed E-state index contributed by atoms with van der Waals surface area (Å²) in [5, 5.41) is 0. The molecular formula is C13H23N3O. The number of hydrogen-bond donors (Lipinski definition) is 1. The van der Waals surface area contributed by atoms with Crippen molar-refractivity contribution in [2.24, 2.45) is 13.0 Å². The van der Waals surface area contributed by atoms with E-state index in [9.17, 15) is 4.79 Å². The molecule has 17 heavy (non-hydrogen) atoms. The highest BCUT2D eigenvalue weighted by Gasteiger charge is 2.34. The summed E-state index contributed by atoms with van der Waals surface area (Å²) in [4.78, 5) is 12.2. The summed E-state index contributed by atoms with van der Waals surface area (Å²) in [7, 11) is 1.94. The van der Waals surface area contributed by atoms with E-state index >= 15 is 0 Å². The predicted octanol–water partition coefficient (Wildman–Crippen LogP) is 2.04. The lowest BCUT2D eigenvalue weighted by Crippen LogP contribution is -2.27. The standard InChI is InChI=1S/C13H23N3O/c1-8(9-6-7-9)16-12(17)10(14)11(15(16)5)13(2,3)4/h8-9H,6-7,14H2,1-5H3.